The summed E-state index contributed by atoms with van der Waals surface area (Å²) >= 11 is 11.9. The molecule has 0 radical (unpaired) electrons. The fourth-order valence-electron chi connectivity index (χ4n) is 5.44. The van der Waals surface area contributed by atoms with E-state index in [-0.39, 0.29) is 44.9 Å². The number of aromatic nitrogens is 4. The van der Waals surface area contributed by atoms with Gasteiger partial charge in [0.2, 0.25) is 15.7 Å². The molecule has 318 valence electrons. The Morgan fingerprint density at radius 1 is 0.770 bits per heavy atom. The first-order valence-electron chi connectivity index (χ1n) is 17.0. The number of carbonyl (C=O) groups is 2. The van der Waals surface area contributed by atoms with Gasteiger partial charge in [-0.25, -0.2) is 32.0 Å². The van der Waals surface area contributed by atoms with Gasteiger partial charge in [-0.1, -0.05) is 58.6 Å². The number of aromatic amines is 2. The largest absolute Gasteiger partial charge is 0.545 e. The van der Waals surface area contributed by atoms with Crippen LogP contribution in [0.25, 0.3) is 11.4 Å². The smallest absolute Gasteiger partial charge is 0.342 e. The van der Waals surface area contributed by atoms with E-state index in [9.17, 15) is 46.2 Å². The van der Waals surface area contributed by atoms with Crippen molar-refractivity contribution in [3.05, 3.63) is 138 Å². The molecule has 6 aromatic rings. The van der Waals surface area contributed by atoms with Gasteiger partial charge in [-0.15, -0.1) is 10.2 Å². The van der Waals surface area contributed by atoms with Crippen LogP contribution in [-0.4, -0.2) is 67.5 Å². The normalized spacial score (nSPS) is 11.6. The molecule has 0 saturated heterocycles. The minimum Gasteiger partial charge on any atom is -0.545 e. The number of nitrogens with zero attached hydrogens (tertiary/aromatic N) is 5. The molecule has 6 rings (SSSR count). The zero-order valence-corrected chi connectivity index (χ0v) is 36.4. The Morgan fingerprint density at radius 3 is 1.74 bits per heavy atom. The van der Waals surface area contributed by atoms with Gasteiger partial charge >= 0.3 is 21.6 Å². The van der Waals surface area contributed by atoms with E-state index in [2.05, 4.69) is 35.4 Å². The molecule has 0 unspecified atom stereocenters. The number of carbonyl (C=O) groups excluding carboxylic acids is 1. The number of aryl methyl sites for hydroxylation is 2. The van der Waals surface area contributed by atoms with Crippen LogP contribution in [0, 0.1) is 13.8 Å². The van der Waals surface area contributed by atoms with E-state index in [1.807, 2.05) is 0 Å². The van der Waals surface area contributed by atoms with Crippen LogP contribution in [0.1, 0.15) is 32.1 Å². The summed E-state index contributed by atoms with van der Waals surface area (Å²) in [5.74, 6) is -2.98. The Bertz CT molecular complexity index is 2870. The monoisotopic (exact) mass is 951 g/mol. The number of sulfonamides is 2. The summed E-state index contributed by atoms with van der Waals surface area (Å²) in [7, 11) is -5.43. The summed E-state index contributed by atoms with van der Waals surface area (Å²) in [5.41, 5.74) is -1.13. The third-order valence-corrected chi connectivity index (χ3v) is 11.9. The average molecular weight is 953 g/mol. The summed E-state index contributed by atoms with van der Waals surface area (Å²) in [4.78, 5) is 47.9. The Labute approximate surface area is 366 Å². The Morgan fingerprint density at radius 2 is 1.25 bits per heavy atom. The van der Waals surface area contributed by atoms with Gasteiger partial charge in [0.1, 0.15) is 16.1 Å². The third kappa shape index (κ3) is 10.5. The number of halogens is 2. The zero-order valence-electron chi connectivity index (χ0n) is 32.0. The number of H-pyrrole nitrogens is 2. The van der Waals surface area contributed by atoms with E-state index in [0.29, 0.717) is 32.8 Å². The molecule has 0 bridgehead atoms. The van der Waals surface area contributed by atoms with Gasteiger partial charge in [0, 0.05) is 38.1 Å². The standard InChI is InChI=1S/2C18H16ClN5O5S.Cr/c2*1-10-15(17(25)24(23-10)12-6-3-5-11(19)9-12)21-22-16-13(18(26)27)7-4-8-14(16)30(28,29)20-2;/h2*3-9,20,23H,1-2H3,(H,26,27);/p+1. The predicted octanol–water partition coefficient (Wildman–Crippen LogP) is 2.02. The number of rotatable bonds is 12. The number of quaternary nitrogens is 1. The van der Waals surface area contributed by atoms with Gasteiger partial charge in [0.05, 0.1) is 35.8 Å². The zero-order chi connectivity index (χ0) is 44.1. The van der Waals surface area contributed by atoms with Crippen LogP contribution >= 0.6 is 23.2 Å². The van der Waals surface area contributed by atoms with Gasteiger partial charge in [-0.3, -0.25) is 19.8 Å². The van der Waals surface area contributed by atoms with Gasteiger partial charge in [0.25, 0.3) is 11.2 Å². The summed E-state index contributed by atoms with van der Waals surface area (Å²) < 4.78 is 54.7. The van der Waals surface area contributed by atoms with Crippen LogP contribution in [0.3, 0.4) is 0 Å². The van der Waals surface area contributed by atoms with Crippen LogP contribution in [-0.2, 0) is 37.4 Å². The second-order valence-corrected chi connectivity index (χ2v) is 17.0. The number of primary sulfonamides is 1. The van der Waals surface area contributed by atoms with E-state index in [1.165, 1.54) is 53.8 Å². The van der Waals surface area contributed by atoms with E-state index in [1.54, 1.807) is 62.4 Å². The van der Waals surface area contributed by atoms with Crippen LogP contribution in [0.4, 0.5) is 22.7 Å². The van der Waals surface area contributed by atoms with Crippen molar-refractivity contribution in [1.82, 2.24) is 24.3 Å². The Hall–Kier alpha value is -6.03. The SMILES string of the molecule is CNS(=O)(=O)c1cccc(C(=O)[O-])c1N=Nc1c(C)[nH]n(-c2cccc(Cl)c2)c1=O.C[NH2+]S(=O)(=O)c1cccc(C(=O)O)c1[NH+]=Nc1c(C)[nH]n(-c2cccc(Cl)c2)c1=O.[Cr]. The maximum atomic E-state index is 12.8. The summed E-state index contributed by atoms with van der Waals surface area (Å²) in [5, 5.41) is 41.5. The maximum absolute atomic E-state index is 12.8. The van der Waals surface area contributed by atoms with Crippen molar-refractivity contribution in [3.8, 4) is 11.4 Å². The second-order valence-electron chi connectivity index (χ2n) is 12.2. The molecule has 20 nitrogen and oxygen atoms in total. The molecular formula is C36H33Cl2CrN10O10S2+. The van der Waals surface area contributed by atoms with E-state index in [4.69, 9.17) is 23.2 Å². The number of azo groups is 2. The number of para-hydroxylation sites is 1. The number of nitrogens with two attached hydrogens (primary N) is 1. The molecule has 0 aliphatic heterocycles. The number of aromatic carboxylic acids is 2. The van der Waals surface area contributed by atoms with Crippen molar-refractivity contribution in [1.29, 1.82) is 0 Å². The number of carboxylic acid groups (broad SMARTS) is 2. The van der Waals surface area contributed by atoms with Crippen molar-refractivity contribution >= 4 is 77.9 Å². The van der Waals surface area contributed by atoms with Crippen molar-refractivity contribution in [3.63, 3.8) is 0 Å². The van der Waals surface area contributed by atoms with Crippen LogP contribution < -0.4 is 30.8 Å². The molecule has 0 atom stereocenters. The van der Waals surface area contributed by atoms with Crippen molar-refractivity contribution in [2.75, 3.05) is 14.1 Å². The average Bonchev–Trinajstić information content (AvgIpc) is 3.67. The van der Waals surface area contributed by atoms with Crippen molar-refractivity contribution < 1.29 is 63.8 Å². The Kier molecular flexibility index (Phi) is 15.3. The predicted molar refractivity (Wildman–Crippen MR) is 215 cm³/mol. The van der Waals surface area contributed by atoms with E-state index in [0.717, 1.165) is 10.8 Å². The van der Waals surface area contributed by atoms with Crippen LogP contribution in [0.5, 0.6) is 0 Å². The molecule has 0 amide bonds. The van der Waals surface area contributed by atoms with Gasteiger partial charge in [-0.2, -0.15) is 8.42 Å². The molecule has 25 heteroatoms. The second kappa shape index (κ2) is 19.6. The third-order valence-electron chi connectivity index (χ3n) is 8.39. The number of hydrogen-bond donors (Lipinski definition) is 6. The summed E-state index contributed by atoms with van der Waals surface area (Å²) in [6.07, 6.45) is 0. The molecule has 0 aliphatic carbocycles. The fraction of sp³-hybridized carbons (Fsp3) is 0.111. The van der Waals surface area contributed by atoms with E-state index >= 15 is 0 Å². The molecular weight excluding hydrogens is 919 g/mol. The molecule has 0 fully saturated rings. The topological polar surface area (TPSA) is 301 Å². The molecule has 61 heavy (non-hydrogen) atoms. The Balaban J connectivity index is 0.000000264. The molecule has 4 aromatic carbocycles. The number of hydrogen-bond acceptors (Lipinski definition) is 12. The fourth-order valence-corrected chi connectivity index (χ4v) is 7.65. The van der Waals surface area contributed by atoms with Crippen molar-refractivity contribution in [2.24, 2.45) is 15.3 Å². The van der Waals surface area contributed by atoms with Crippen molar-refractivity contribution in [2.45, 2.75) is 23.6 Å². The molecule has 0 spiro atoms. The molecule has 7 N–H and O–H groups in total. The van der Waals surface area contributed by atoms with Gasteiger partial charge < -0.3 is 15.0 Å². The number of nitrogens with one attached hydrogen (secondary N) is 4. The van der Waals surface area contributed by atoms with Gasteiger partial charge in [-0.05, 0) is 75.5 Å². The first-order valence-corrected chi connectivity index (χ1v) is 20.8. The number of benzene rings is 4. The maximum Gasteiger partial charge on any atom is 0.342 e. The molecule has 2 heterocycles. The number of carboxylic acids is 2. The minimum absolute atomic E-state index is 0. The molecule has 0 saturated carbocycles. The first kappa shape index (κ1) is 47.6. The molecule has 2 aromatic heterocycles. The van der Waals surface area contributed by atoms with Crippen LogP contribution in [0.15, 0.2) is 120 Å². The quantitative estimate of drug-likeness (QED) is 0.0970. The van der Waals surface area contributed by atoms with Crippen LogP contribution in [0.2, 0.25) is 10.0 Å². The molecule has 0 aliphatic rings. The van der Waals surface area contributed by atoms with Gasteiger partial charge in [0.15, 0.2) is 10.6 Å². The summed E-state index contributed by atoms with van der Waals surface area (Å²) in [6, 6.07) is 20.4. The first-order chi connectivity index (χ1) is 28.3. The van der Waals surface area contributed by atoms with E-state index < -0.39 is 59.3 Å². The minimum atomic E-state index is -4.05. The summed E-state index contributed by atoms with van der Waals surface area (Å²) in [6.45, 7) is 3.16.